The Morgan fingerprint density at radius 1 is 1.05 bits per heavy atom. The van der Waals surface area contributed by atoms with Crippen LogP contribution < -0.4 is 10.2 Å². The average Bonchev–Trinajstić information content (AvgIpc) is 2.45. The summed E-state index contributed by atoms with van der Waals surface area (Å²) < 4.78 is 0. The Balaban J connectivity index is 2.81. The fraction of sp³-hybridized carbons (Fsp3) is 0.667. The lowest BCUT2D eigenvalue weighted by atomic mass is 10.0. The van der Waals surface area contributed by atoms with E-state index in [2.05, 4.69) is 74.2 Å². The van der Waals surface area contributed by atoms with Crippen LogP contribution in [0.15, 0.2) is 24.3 Å². The van der Waals surface area contributed by atoms with E-state index in [0.717, 1.165) is 26.1 Å². The van der Waals surface area contributed by atoms with Crippen LogP contribution in [0.5, 0.6) is 0 Å². The molecular weight excluding hydrogens is 258 g/mol. The number of nitrogens with one attached hydrogen (secondary N) is 1. The second kappa shape index (κ2) is 9.06. The van der Waals surface area contributed by atoms with Gasteiger partial charge in [0.25, 0.3) is 0 Å². The molecule has 1 N–H and O–H groups in total. The predicted molar refractivity (Wildman–Crippen MR) is 94.1 cm³/mol. The third-order valence-corrected chi connectivity index (χ3v) is 3.82. The minimum atomic E-state index is 0.458. The van der Waals surface area contributed by atoms with Crippen molar-refractivity contribution in [3.05, 3.63) is 29.8 Å². The number of nitrogens with zero attached hydrogens (tertiary/aromatic N) is 2. The molecule has 0 saturated carbocycles. The third-order valence-electron chi connectivity index (χ3n) is 3.82. The van der Waals surface area contributed by atoms with E-state index in [1.54, 1.807) is 0 Å². The monoisotopic (exact) mass is 291 g/mol. The molecule has 0 fully saturated rings. The first-order valence-electron chi connectivity index (χ1n) is 8.14. The van der Waals surface area contributed by atoms with E-state index < -0.39 is 0 Å². The molecule has 0 aliphatic heterocycles. The topological polar surface area (TPSA) is 18.5 Å². The maximum atomic E-state index is 3.37. The molecule has 120 valence electrons. The van der Waals surface area contributed by atoms with Crippen molar-refractivity contribution in [2.24, 2.45) is 5.92 Å². The first-order chi connectivity index (χ1) is 9.97. The highest BCUT2D eigenvalue weighted by Crippen LogP contribution is 2.21. The van der Waals surface area contributed by atoms with Crippen LogP contribution in [0.2, 0.25) is 0 Å². The van der Waals surface area contributed by atoms with Gasteiger partial charge in [-0.3, -0.25) is 0 Å². The molecule has 1 rings (SSSR count). The van der Waals surface area contributed by atoms with E-state index in [4.69, 9.17) is 0 Å². The predicted octanol–water partition coefficient (Wildman–Crippen LogP) is 3.38. The van der Waals surface area contributed by atoms with Crippen molar-refractivity contribution in [2.45, 2.75) is 33.2 Å². The van der Waals surface area contributed by atoms with Gasteiger partial charge in [-0.2, -0.15) is 0 Å². The maximum Gasteiger partial charge on any atom is 0.0366 e. The minimum absolute atomic E-state index is 0.458. The second-order valence-corrected chi connectivity index (χ2v) is 6.48. The zero-order chi connectivity index (χ0) is 15.8. The molecule has 1 atom stereocenters. The highest BCUT2D eigenvalue weighted by atomic mass is 15.2. The van der Waals surface area contributed by atoms with Gasteiger partial charge in [0.05, 0.1) is 0 Å². The summed E-state index contributed by atoms with van der Waals surface area (Å²) in [5.74, 6) is 0.674. The summed E-state index contributed by atoms with van der Waals surface area (Å²) in [5.41, 5.74) is 2.71. The van der Waals surface area contributed by atoms with Crippen molar-refractivity contribution in [2.75, 3.05) is 45.7 Å². The van der Waals surface area contributed by atoms with E-state index in [9.17, 15) is 0 Å². The van der Waals surface area contributed by atoms with Gasteiger partial charge in [-0.15, -0.1) is 0 Å². The molecule has 3 nitrogen and oxygen atoms in total. The standard InChI is InChI=1S/C18H33N3/c1-7-18(19-4)16-8-10-17(11-9-16)21(14-15(2)3)13-12-20(5)6/h8-11,15,18-19H,7,12-14H2,1-6H3. The van der Waals surface area contributed by atoms with Crippen molar-refractivity contribution < 1.29 is 0 Å². The highest BCUT2D eigenvalue weighted by molar-refractivity contribution is 5.48. The largest absolute Gasteiger partial charge is 0.370 e. The molecule has 0 spiro atoms. The van der Waals surface area contributed by atoms with Gasteiger partial charge in [0.15, 0.2) is 0 Å². The summed E-state index contributed by atoms with van der Waals surface area (Å²) in [6.07, 6.45) is 1.12. The van der Waals surface area contributed by atoms with Crippen LogP contribution in [0, 0.1) is 5.92 Å². The zero-order valence-electron chi connectivity index (χ0n) is 14.7. The van der Waals surface area contributed by atoms with Crippen LogP contribution in [0.1, 0.15) is 38.8 Å². The highest BCUT2D eigenvalue weighted by Gasteiger charge is 2.11. The molecule has 0 aliphatic rings. The van der Waals surface area contributed by atoms with Gasteiger partial charge >= 0.3 is 0 Å². The lowest BCUT2D eigenvalue weighted by molar-refractivity contribution is 0.409. The summed E-state index contributed by atoms with van der Waals surface area (Å²) in [6, 6.07) is 9.53. The number of benzene rings is 1. The molecule has 1 aromatic rings. The summed E-state index contributed by atoms with van der Waals surface area (Å²) in [5, 5.41) is 3.37. The zero-order valence-corrected chi connectivity index (χ0v) is 14.7. The third kappa shape index (κ3) is 6.06. The van der Waals surface area contributed by atoms with Crippen LogP contribution in [0.25, 0.3) is 0 Å². The summed E-state index contributed by atoms with van der Waals surface area (Å²) in [4.78, 5) is 4.74. The van der Waals surface area contributed by atoms with Crippen LogP contribution in [0.4, 0.5) is 5.69 Å². The van der Waals surface area contributed by atoms with Gasteiger partial charge in [-0.1, -0.05) is 32.9 Å². The number of hydrogen-bond acceptors (Lipinski definition) is 3. The first-order valence-corrected chi connectivity index (χ1v) is 8.14. The molecule has 0 radical (unpaired) electrons. The van der Waals surface area contributed by atoms with Crippen LogP contribution >= 0.6 is 0 Å². The lowest BCUT2D eigenvalue weighted by Gasteiger charge is -2.28. The van der Waals surface area contributed by atoms with E-state index in [1.807, 2.05) is 7.05 Å². The Morgan fingerprint density at radius 2 is 1.67 bits per heavy atom. The molecule has 0 aromatic heterocycles. The Labute approximate surface area is 131 Å². The van der Waals surface area contributed by atoms with Crippen LogP contribution in [-0.4, -0.2) is 45.7 Å². The molecule has 21 heavy (non-hydrogen) atoms. The molecule has 1 aromatic carbocycles. The first kappa shape index (κ1) is 18.0. The number of likely N-dealkylation sites (N-methyl/N-ethyl adjacent to an activating group) is 1. The van der Waals surface area contributed by atoms with Gasteiger partial charge in [-0.25, -0.2) is 0 Å². The van der Waals surface area contributed by atoms with Crippen LogP contribution in [0.3, 0.4) is 0 Å². The molecule has 0 saturated heterocycles. The van der Waals surface area contributed by atoms with E-state index in [-0.39, 0.29) is 0 Å². The normalized spacial score (nSPS) is 13.0. The Morgan fingerprint density at radius 3 is 2.10 bits per heavy atom. The van der Waals surface area contributed by atoms with E-state index >= 15 is 0 Å². The number of rotatable bonds is 9. The second-order valence-electron chi connectivity index (χ2n) is 6.48. The SMILES string of the molecule is CCC(NC)c1ccc(N(CCN(C)C)CC(C)C)cc1. The van der Waals surface area contributed by atoms with Crippen molar-refractivity contribution >= 4 is 5.69 Å². The van der Waals surface area contributed by atoms with Crippen molar-refractivity contribution in [3.8, 4) is 0 Å². The van der Waals surface area contributed by atoms with Crippen molar-refractivity contribution in [1.29, 1.82) is 0 Å². The fourth-order valence-corrected chi connectivity index (χ4v) is 2.61. The van der Waals surface area contributed by atoms with Gasteiger partial charge < -0.3 is 15.1 Å². The van der Waals surface area contributed by atoms with Gasteiger partial charge in [0, 0.05) is 31.4 Å². The lowest BCUT2D eigenvalue weighted by Crippen LogP contribution is -2.34. The van der Waals surface area contributed by atoms with Gasteiger partial charge in [0.2, 0.25) is 0 Å². The Hall–Kier alpha value is -1.06. The van der Waals surface area contributed by atoms with Gasteiger partial charge in [0.1, 0.15) is 0 Å². The number of hydrogen-bond donors (Lipinski definition) is 1. The van der Waals surface area contributed by atoms with E-state index in [0.29, 0.717) is 12.0 Å². The smallest absolute Gasteiger partial charge is 0.0366 e. The summed E-state index contributed by atoms with van der Waals surface area (Å²) in [6.45, 7) is 10.1. The quantitative estimate of drug-likeness (QED) is 0.752. The van der Waals surface area contributed by atoms with Crippen molar-refractivity contribution in [1.82, 2.24) is 10.2 Å². The maximum absolute atomic E-state index is 3.37. The molecular formula is C18H33N3. The molecule has 0 amide bonds. The number of anilines is 1. The molecule has 3 heteroatoms. The van der Waals surface area contributed by atoms with Crippen molar-refractivity contribution in [3.63, 3.8) is 0 Å². The summed E-state index contributed by atoms with van der Waals surface area (Å²) in [7, 11) is 6.30. The van der Waals surface area contributed by atoms with E-state index in [1.165, 1.54) is 11.3 Å². The fourth-order valence-electron chi connectivity index (χ4n) is 2.61. The van der Waals surface area contributed by atoms with Gasteiger partial charge in [-0.05, 0) is 51.2 Å². The molecule has 1 unspecified atom stereocenters. The van der Waals surface area contributed by atoms with Crippen LogP contribution in [-0.2, 0) is 0 Å². The minimum Gasteiger partial charge on any atom is -0.370 e. The Bertz CT molecular complexity index is 380. The molecule has 0 heterocycles. The summed E-state index contributed by atoms with van der Waals surface area (Å²) >= 11 is 0. The Kier molecular flexibility index (Phi) is 7.76. The molecule has 0 aliphatic carbocycles. The molecule has 0 bridgehead atoms. The average molecular weight is 291 g/mol.